The maximum absolute atomic E-state index is 12.9. The molecule has 2 saturated heterocycles. The van der Waals surface area contributed by atoms with E-state index in [0.29, 0.717) is 10.7 Å². The number of alkyl halides is 3. The zero-order chi connectivity index (χ0) is 27.5. The number of amides is 3. The number of carbonyl (C=O) groups excluding carboxylic acids is 3. The summed E-state index contributed by atoms with van der Waals surface area (Å²) in [5, 5.41) is 26.2. The van der Waals surface area contributed by atoms with Crippen LogP contribution in [0.4, 0.5) is 18.3 Å². The predicted molar refractivity (Wildman–Crippen MR) is 131 cm³/mol. The van der Waals surface area contributed by atoms with E-state index in [1.54, 1.807) is 0 Å². The summed E-state index contributed by atoms with van der Waals surface area (Å²) < 4.78 is 38.1. The van der Waals surface area contributed by atoms with Gasteiger partial charge in [0.05, 0.1) is 0 Å². The lowest BCUT2D eigenvalue weighted by Crippen LogP contribution is -2.74. The number of rotatable bonds is 11. The lowest BCUT2D eigenvalue weighted by Gasteiger charge is -2.53. The number of hydrogen-bond donors (Lipinski definition) is 3. The molecule has 13 nitrogen and oxygen atoms in total. The zero-order valence-corrected chi connectivity index (χ0v) is 22.0. The van der Waals surface area contributed by atoms with Crippen molar-refractivity contribution in [2.45, 2.75) is 21.9 Å². The van der Waals surface area contributed by atoms with Crippen molar-refractivity contribution in [3.63, 3.8) is 0 Å². The zero-order valence-electron chi connectivity index (χ0n) is 18.7. The number of anilines is 1. The van der Waals surface area contributed by atoms with Gasteiger partial charge >= 0.3 is 12.1 Å². The summed E-state index contributed by atoms with van der Waals surface area (Å²) in [5.74, 6) is -2.39. The van der Waals surface area contributed by atoms with E-state index in [1.807, 2.05) is 0 Å². The third-order valence-electron chi connectivity index (χ3n) is 5.23. The van der Waals surface area contributed by atoms with Crippen LogP contribution in [-0.4, -0.2) is 97.3 Å². The molecule has 2 fully saturated rings. The number of nitrogens with one attached hydrogen (secondary N) is 2. The number of hydrogen-bond acceptors (Lipinski definition) is 13. The summed E-state index contributed by atoms with van der Waals surface area (Å²) in [6.45, 7) is -1.87. The second kappa shape index (κ2) is 11.4. The standard InChI is InChI=1S/C18H16F3N7O6S4/c19-18(20,21)3-34-27-9(8-1-35-15(24-8)22-6-29)11(30)25-10-12(31)28-2-17(14(32)33,4-36-13(10)28)5-37-16-26-23-7-38-16/h1,6-7,10,13H,2-5H2,(H,25,30)(H,32,33)(H,22,24,29)/t10?,13-,17?/m1/s1. The van der Waals surface area contributed by atoms with Crippen LogP contribution in [0.1, 0.15) is 5.69 Å². The molecule has 4 heterocycles. The number of halogens is 3. The smallest absolute Gasteiger partial charge is 0.425 e. The third-order valence-corrected chi connectivity index (χ3v) is 9.74. The van der Waals surface area contributed by atoms with E-state index in [2.05, 4.69) is 35.8 Å². The Morgan fingerprint density at radius 2 is 2.18 bits per heavy atom. The molecule has 2 unspecified atom stereocenters. The largest absolute Gasteiger partial charge is 0.481 e. The minimum absolute atomic E-state index is 0.0523. The Hall–Kier alpha value is -2.97. The van der Waals surface area contributed by atoms with Gasteiger partial charge in [-0.25, -0.2) is 4.98 Å². The molecule has 0 saturated carbocycles. The molecule has 0 radical (unpaired) electrons. The first-order valence-corrected chi connectivity index (χ1v) is 14.1. The van der Waals surface area contributed by atoms with Crippen molar-refractivity contribution in [2.75, 3.05) is 30.0 Å². The molecule has 0 aromatic carbocycles. The number of β-lactam (4-membered cyclic amide) rings is 1. The van der Waals surface area contributed by atoms with Crippen LogP contribution in [0.25, 0.3) is 0 Å². The number of fused-ring (bicyclic) bond motifs is 1. The van der Waals surface area contributed by atoms with Gasteiger partial charge in [0.2, 0.25) is 18.9 Å². The van der Waals surface area contributed by atoms with Crippen LogP contribution in [0.2, 0.25) is 0 Å². The fourth-order valence-electron chi connectivity index (χ4n) is 3.42. The van der Waals surface area contributed by atoms with Gasteiger partial charge < -0.3 is 25.5 Å². The number of aliphatic carboxylic acids is 1. The highest BCUT2D eigenvalue weighted by molar-refractivity contribution is 8.01. The Labute approximate surface area is 227 Å². The maximum atomic E-state index is 12.9. The molecule has 20 heteroatoms. The highest BCUT2D eigenvalue weighted by Crippen LogP contribution is 2.44. The molecule has 0 spiro atoms. The van der Waals surface area contributed by atoms with Crippen LogP contribution in [0.15, 0.2) is 20.4 Å². The van der Waals surface area contributed by atoms with Crippen molar-refractivity contribution in [3.05, 3.63) is 16.6 Å². The molecule has 204 valence electrons. The number of carbonyl (C=O) groups is 4. The summed E-state index contributed by atoms with van der Waals surface area (Å²) in [5.41, 5.74) is -0.560. The van der Waals surface area contributed by atoms with Gasteiger partial charge in [0.25, 0.3) is 5.91 Å². The second-order valence-electron chi connectivity index (χ2n) is 7.83. The first-order chi connectivity index (χ1) is 18.0. The van der Waals surface area contributed by atoms with Crippen LogP contribution in [0.3, 0.4) is 0 Å². The molecule has 0 bridgehead atoms. The molecule has 2 aliphatic rings. The first kappa shape index (κ1) is 28.0. The van der Waals surface area contributed by atoms with Crippen LogP contribution >= 0.6 is 46.2 Å². The predicted octanol–water partition coefficient (Wildman–Crippen LogP) is 1.11. The molecule has 38 heavy (non-hydrogen) atoms. The number of carboxylic acids is 1. The fraction of sp³-hybridized carbons (Fsp3) is 0.444. The fourth-order valence-corrected chi connectivity index (χ4v) is 7.42. The number of thiazole rings is 1. The van der Waals surface area contributed by atoms with Crippen molar-refractivity contribution in [3.8, 4) is 0 Å². The molecular weight excluding hydrogens is 596 g/mol. The van der Waals surface area contributed by atoms with E-state index < -0.39 is 53.1 Å². The van der Waals surface area contributed by atoms with Crippen LogP contribution < -0.4 is 10.6 Å². The SMILES string of the molecule is O=CNc1nc(C(=NOCC(F)(F)F)C(=O)NC2C(=O)N3CC(CSc4nncs4)(C(=O)O)CS[C@H]23)cs1. The van der Waals surface area contributed by atoms with Crippen molar-refractivity contribution in [1.29, 1.82) is 0 Å². The quantitative estimate of drug-likeness (QED) is 0.109. The number of thioether (sulfide) groups is 2. The van der Waals surface area contributed by atoms with Gasteiger partial charge in [-0.2, -0.15) is 13.2 Å². The van der Waals surface area contributed by atoms with E-state index in [0.717, 1.165) is 23.1 Å². The molecule has 2 aliphatic heterocycles. The van der Waals surface area contributed by atoms with Crippen molar-refractivity contribution in [1.82, 2.24) is 25.4 Å². The third kappa shape index (κ3) is 6.18. The Kier molecular flexibility index (Phi) is 8.43. The highest BCUT2D eigenvalue weighted by atomic mass is 32.2. The van der Waals surface area contributed by atoms with E-state index >= 15 is 0 Å². The Bertz CT molecular complexity index is 1240. The van der Waals surface area contributed by atoms with Gasteiger partial charge in [-0.05, 0) is 0 Å². The second-order valence-corrected chi connectivity index (χ2v) is 11.8. The van der Waals surface area contributed by atoms with Gasteiger partial charge in [-0.3, -0.25) is 19.2 Å². The first-order valence-electron chi connectivity index (χ1n) is 10.3. The molecule has 0 aliphatic carbocycles. The summed E-state index contributed by atoms with van der Waals surface area (Å²) >= 11 is 4.52. The minimum Gasteiger partial charge on any atom is -0.481 e. The highest BCUT2D eigenvalue weighted by Gasteiger charge is 2.57. The van der Waals surface area contributed by atoms with Gasteiger partial charge in [0.1, 0.15) is 28.0 Å². The monoisotopic (exact) mass is 611 g/mol. The van der Waals surface area contributed by atoms with Crippen LogP contribution in [0, 0.1) is 5.41 Å². The van der Waals surface area contributed by atoms with Crippen LogP contribution in [0.5, 0.6) is 0 Å². The van der Waals surface area contributed by atoms with Crippen molar-refractivity contribution in [2.24, 2.45) is 10.6 Å². The Morgan fingerprint density at radius 3 is 2.84 bits per heavy atom. The summed E-state index contributed by atoms with van der Waals surface area (Å²) in [4.78, 5) is 58.1. The van der Waals surface area contributed by atoms with Gasteiger partial charge in [0.15, 0.2) is 15.2 Å². The molecule has 3 amide bonds. The van der Waals surface area contributed by atoms with E-state index in [9.17, 15) is 37.5 Å². The molecular formula is C18H16F3N7O6S4. The van der Waals surface area contributed by atoms with Crippen molar-refractivity contribution >= 4 is 81.2 Å². The van der Waals surface area contributed by atoms with Gasteiger partial charge in [-0.15, -0.1) is 33.3 Å². The van der Waals surface area contributed by atoms with E-state index in [-0.39, 0.29) is 28.9 Å². The number of carboxylic acid groups (broad SMARTS) is 1. The molecule has 2 aromatic rings. The normalized spacial score (nSPS) is 23.3. The maximum Gasteiger partial charge on any atom is 0.425 e. The number of nitrogens with zero attached hydrogens (tertiary/aromatic N) is 5. The lowest BCUT2D eigenvalue weighted by atomic mass is 9.89. The Morgan fingerprint density at radius 1 is 1.39 bits per heavy atom. The Balaban J connectivity index is 1.45. The summed E-state index contributed by atoms with van der Waals surface area (Å²) in [7, 11) is 0. The van der Waals surface area contributed by atoms with Gasteiger partial charge in [-0.1, -0.05) is 28.3 Å². The average molecular weight is 612 g/mol. The van der Waals surface area contributed by atoms with Crippen molar-refractivity contribution < 1.29 is 42.3 Å². The number of oxime groups is 1. The summed E-state index contributed by atoms with van der Waals surface area (Å²) in [6, 6.07) is -1.07. The van der Waals surface area contributed by atoms with Gasteiger partial charge in [0, 0.05) is 23.4 Å². The number of aromatic nitrogens is 3. The topological polar surface area (TPSA) is 176 Å². The minimum atomic E-state index is -4.72. The van der Waals surface area contributed by atoms with Crippen LogP contribution in [-0.2, 0) is 24.0 Å². The molecule has 3 N–H and O–H groups in total. The van der Waals surface area contributed by atoms with E-state index in [4.69, 9.17) is 0 Å². The molecule has 2 aromatic heterocycles. The summed E-state index contributed by atoms with van der Waals surface area (Å²) in [6.07, 6.45) is -4.39. The average Bonchev–Trinajstić information content (AvgIpc) is 3.55. The molecule has 4 rings (SSSR count). The van der Waals surface area contributed by atoms with E-state index in [1.165, 1.54) is 38.9 Å². The molecule has 3 atom stereocenters. The lowest BCUT2D eigenvalue weighted by molar-refractivity contribution is -0.174.